The Bertz CT molecular complexity index is 939. The maximum atomic E-state index is 13.3. The van der Waals surface area contributed by atoms with Gasteiger partial charge in [-0.15, -0.1) is 0 Å². The average Bonchev–Trinajstić information content (AvgIpc) is 2.86. The summed E-state index contributed by atoms with van der Waals surface area (Å²) in [4.78, 5) is 45.3. The number of likely N-dealkylation sites (tertiary alicyclic amines) is 2. The molecule has 2 amide bonds. The molecule has 0 spiro atoms. The summed E-state index contributed by atoms with van der Waals surface area (Å²) in [5.41, 5.74) is 5.89. The van der Waals surface area contributed by atoms with Crippen LogP contribution in [0, 0.1) is 5.92 Å². The summed E-state index contributed by atoms with van der Waals surface area (Å²) in [5, 5.41) is 12.4. The molecule has 1 aromatic rings. The molecular formula is C23H34ClN5O6. The van der Waals surface area contributed by atoms with Gasteiger partial charge in [-0.1, -0.05) is 18.5 Å². The van der Waals surface area contributed by atoms with Crippen molar-refractivity contribution in [1.29, 1.82) is 0 Å². The number of nitrogens with one attached hydrogen (secondary N) is 1. The Morgan fingerprint density at radius 2 is 1.94 bits per heavy atom. The van der Waals surface area contributed by atoms with Gasteiger partial charge in [0.05, 0.1) is 36.2 Å². The number of nitrogen functional groups attached to an aromatic ring is 1. The third kappa shape index (κ3) is 6.14. The van der Waals surface area contributed by atoms with E-state index in [1.807, 2.05) is 6.92 Å². The van der Waals surface area contributed by atoms with E-state index < -0.39 is 11.9 Å². The number of rotatable bonds is 8. The van der Waals surface area contributed by atoms with Gasteiger partial charge in [0.2, 0.25) is 11.8 Å². The molecule has 12 heteroatoms. The Kier molecular flexibility index (Phi) is 9.15. The van der Waals surface area contributed by atoms with E-state index >= 15 is 0 Å². The minimum Gasteiger partial charge on any atom is -0.481 e. The van der Waals surface area contributed by atoms with Crippen molar-refractivity contribution >= 4 is 35.2 Å². The number of hydrogen-bond donors (Lipinski definition) is 3. The molecule has 194 valence electrons. The first-order valence-corrected chi connectivity index (χ1v) is 12.2. The monoisotopic (exact) mass is 511 g/mol. The lowest BCUT2D eigenvalue weighted by Crippen LogP contribution is -2.60. The lowest BCUT2D eigenvalue weighted by Gasteiger charge is -2.43. The summed E-state index contributed by atoms with van der Waals surface area (Å²) in [6.07, 6.45) is 1.81. The predicted octanol–water partition coefficient (Wildman–Crippen LogP) is 1.25. The third-order valence-corrected chi connectivity index (χ3v) is 7.19. The minimum atomic E-state index is -0.800. The van der Waals surface area contributed by atoms with Crippen molar-refractivity contribution in [2.45, 2.75) is 50.8 Å². The van der Waals surface area contributed by atoms with Crippen LogP contribution in [0.4, 0.5) is 5.82 Å². The fraction of sp³-hybridized carbons (Fsp3) is 0.652. The molecule has 3 atom stereocenters. The number of halogens is 1. The van der Waals surface area contributed by atoms with E-state index in [0.717, 1.165) is 0 Å². The standard InChI is InChI=1S/C23H34ClN5O6/c1-4-17(22(31)28-8-5-13(6-9-28)23(32)33)29-10-7-16(18(12-29)34-2)26-20(30)14-11-15(24)19(25)27-21(14)35-3/h11,13,16-18H,4-10,12H2,1-3H3,(H2,25,27)(H,26,30)(H,32,33). The lowest BCUT2D eigenvalue weighted by atomic mass is 9.95. The van der Waals surface area contributed by atoms with Gasteiger partial charge in [0.15, 0.2) is 0 Å². The molecule has 2 saturated heterocycles. The molecule has 3 unspecified atom stereocenters. The highest BCUT2D eigenvalue weighted by Gasteiger charge is 2.38. The van der Waals surface area contributed by atoms with Crippen molar-refractivity contribution in [3.05, 3.63) is 16.7 Å². The van der Waals surface area contributed by atoms with Gasteiger partial charge < -0.3 is 30.5 Å². The van der Waals surface area contributed by atoms with Crippen molar-refractivity contribution in [2.75, 3.05) is 46.1 Å². The Hall–Kier alpha value is -2.63. The SMILES string of the molecule is CCC(C(=O)N1CCC(C(=O)O)CC1)N1CCC(NC(=O)c2cc(Cl)c(N)nc2OC)C(OC)C1. The molecule has 11 nitrogen and oxygen atoms in total. The molecule has 4 N–H and O–H groups in total. The zero-order valence-electron chi connectivity index (χ0n) is 20.3. The summed E-state index contributed by atoms with van der Waals surface area (Å²) in [6, 6.07) is 0.809. The van der Waals surface area contributed by atoms with E-state index in [-0.39, 0.29) is 52.3 Å². The average molecular weight is 512 g/mol. The largest absolute Gasteiger partial charge is 0.481 e. The highest BCUT2D eigenvalue weighted by Crippen LogP contribution is 2.26. The number of pyridine rings is 1. The lowest BCUT2D eigenvalue weighted by molar-refractivity contribution is -0.148. The van der Waals surface area contributed by atoms with Gasteiger partial charge in [-0.2, -0.15) is 4.98 Å². The molecule has 2 aliphatic rings. The minimum absolute atomic E-state index is 0.0148. The molecule has 2 fully saturated rings. The summed E-state index contributed by atoms with van der Waals surface area (Å²) in [5.74, 6) is -1.42. The van der Waals surface area contributed by atoms with Gasteiger partial charge in [-0.25, -0.2) is 0 Å². The normalized spacial score (nSPS) is 22.5. The van der Waals surface area contributed by atoms with Crippen LogP contribution in [-0.4, -0.2) is 96.3 Å². The molecule has 0 saturated carbocycles. The van der Waals surface area contributed by atoms with E-state index in [9.17, 15) is 19.5 Å². The van der Waals surface area contributed by atoms with Crippen molar-refractivity contribution in [3.63, 3.8) is 0 Å². The molecule has 0 bridgehead atoms. The number of carboxylic acids is 1. The number of carboxylic acid groups (broad SMARTS) is 1. The number of carbonyl (C=O) groups is 3. The Labute approximate surface area is 209 Å². The molecule has 3 rings (SSSR count). The van der Waals surface area contributed by atoms with Crippen LogP contribution in [-0.2, 0) is 14.3 Å². The smallest absolute Gasteiger partial charge is 0.306 e. The second-order valence-corrected chi connectivity index (χ2v) is 9.32. The van der Waals surface area contributed by atoms with Gasteiger partial charge in [0, 0.05) is 33.3 Å². The zero-order chi connectivity index (χ0) is 25.7. The van der Waals surface area contributed by atoms with Crippen molar-refractivity contribution in [1.82, 2.24) is 20.1 Å². The van der Waals surface area contributed by atoms with Gasteiger partial charge in [-0.3, -0.25) is 19.3 Å². The van der Waals surface area contributed by atoms with Crippen molar-refractivity contribution in [2.24, 2.45) is 5.92 Å². The molecule has 2 aliphatic heterocycles. The number of amides is 2. The van der Waals surface area contributed by atoms with Crippen LogP contribution in [0.2, 0.25) is 5.02 Å². The first-order chi connectivity index (χ1) is 16.7. The first kappa shape index (κ1) is 27.0. The quantitative estimate of drug-likeness (QED) is 0.469. The van der Waals surface area contributed by atoms with Crippen molar-refractivity contribution in [3.8, 4) is 5.88 Å². The predicted molar refractivity (Wildman–Crippen MR) is 129 cm³/mol. The summed E-state index contributed by atoms with van der Waals surface area (Å²) in [6.45, 7) is 3.93. The number of methoxy groups -OCH3 is 2. The summed E-state index contributed by atoms with van der Waals surface area (Å²) < 4.78 is 10.9. The fourth-order valence-electron chi connectivity index (χ4n) is 4.82. The van der Waals surface area contributed by atoms with Crippen LogP contribution >= 0.6 is 11.6 Å². The van der Waals surface area contributed by atoms with E-state index in [1.54, 1.807) is 12.0 Å². The number of hydrogen-bond acceptors (Lipinski definition) is 8. The van der Waals surface area contributed by atoms with Gasteiger partial charge in [-0.05, 0) is 31.7 Å². The molecule has 0 aromatic carbocycles. The van der Waals surface area contributed by atoms with E-state index in [0.29, 0.717) is 51.9 Å². The van der Waals surface area contributed by atoms with E-state index in [2.05, 4.69) is 15.2 Å². The third-order valence-electron chi connectivity index (χ3n) is 6.88. The molecule has 1 aromatic heterocycles. The number of piperidine rings is 2. The molecular weight excluding hydrogens is 478 g/mol. The molecule has 0 aliphatic carbocycles. The van der Waals surface area contributed by atoms with Gasteiger partial charge in [0.25, 0.3) is 5.91 Å². The highest BCUT2D eigenvalue weighted by atomic mass is 35.5. The number of aromatic nitrogens is 1. The fourth-order valence-corrected chi connectivity index (χ4v) is 4.98. The van der Waals surface area contributed by atoms with Crippen molar-refractivity contribution < 1.29 is 29.0 Å². The second kappa shape index (κ2) is 11.9. The van der Waals surface area contributed by atoms with Gasteiger partial charge in [0.1, 0.15) is 11.4 Å². The van der Waals surface area contributed by atoms with Crippen LogP contribution in [0.15, 0.2) is 6.07 Å². The maximum Gasteiger partial charge on any atom is 0.306 e. The number of aliphatic carboxylic acids is 1. The molecule has 3 heterocycles. The molecule has 0 radical (unpaired) electrons. The number of anilines is 1. The van der Waals surface area contributed by atoms with Crippen LogP contribution in [0.25, 0.3) is 0 Å². The Morgan fingerprint density at radius 1 is 1.26 bits per heavy atom. The summed E-state index contributed by atoms with van der Waals surface area (Å²) >= 11 is 6.05. The Morgan fingerprint density at radius 3 is 2.51 bits per heavy atom. The highest BCUT2D eigenvalue weighted by molar-refractivity contribution is 6.33. The first-order valence-electron chi connectivity index (χ1n) is 11.8. The maximum absolute atomic E-state index is 13.3. The number of nitrogens with zero attached hydrogens (tertiary/aromatic N) is 3. The van der Waals surface area contributed by atoms with E-state index in [4.69, 9.17) is 26.8 Å². The van der Waals surface area contributed by atoms with Gasteiger partial charge >= 0.3 is 5.97 Å². The Balaban J connectivity index is 1.64. The van der Waals surface area contributed by atoms with E-state index in [1.165, 1.54) is 13.2 Å². The number of ether oxygens (including phenoxy) is 2. The number of carbonyl (C=O) groups excluding carboxylic acids is 2. The topological polar surface area (TPSA) is 147 Å². The van der Waals surface area contributed by atoms with Crippen LogP contribution in [0.5, 0.6) is 5.88 Å². The van der Waals surface area contributed by atoms with Crippen LogP contribution < -0.4 is 15.8 Å². The zero-order valence-corrected chi connectivity index (χ0v) is 21.1. The summed E-state index contributed by atoms with van der Waals surface area (Å²) in [7, 11) is 2.98. The number of nitrogens with two attached hydrogens (primary N) is 1. The van der Waals surface area contributed by atoms with Crippen LogP contribution in [0.1, 0.15) is 43.0 Å². The molecule has 35 heavy (non-hydrogen) atoms. The van der Waals surface area contributed by atoms with Crippen LogP contribution in [0.3, 0.4) is 0 Å². The second-order valence-electron chi connectivity index (χ2n) is 8.91.